The molecule has 0 N–H and O–H groups in total. The van der Waals surface area contributed by atoms with E-state index in [9.17, 15) is 10.1 Å². The minimum atomic E-state index is -0.441. The summed E-state index contributed by atoms with van der Waals surface area (Å²) in [5.41, 5.74) is 0.226. The summed E-state index contributed by atoms with van der Waals surface area (Å²) in [5, 5.41) is 11.3. The van der Waals surface area contributed by atoms with E-state index in [1.165, 1.54) is 0 Å². The molecule has 0 aliphatic carbocycles. The fourth-order valence-electron chi connectivity index (χ4n) is 2.92. The molecule has 0 radical (unpaired) electrons. The molecule has 1 aliphatic heterocycles. The van der Waals surface area contributed by atoms with Gasteiger partial charge in [0.1, 0.15) is 5.69 Å². The fourth-order valence-corrected chi connectivity index (χ4v) is 3.13. The van der Waals surface area contributed by atoms with Gasteiger partial charge in [0.05, 0.1) is 4.92 Å². The number of hydrogen-bond donors (Lipinski definition) is 0. The molecule has 1 aromatic heterocycles. The van der Waals surface area contributed by atoms with Gasteiger partial charge in [-0.25, -0.2) is 4.98 Å². The van der Waals surface area contributed by atoms with Crippen molar-refractivity contribution in [3.05, 3.63) is 21.1 Å². The SMILES string of the molecule is CCN1CCCC1CN(C)c1nc(Cl)nc(C)c1[N+](=O)[O-]. The van der Waals surface area contributed by atoms with E-state index >= 15 is 0 Å². The molecule has 116 valence electrons. The Balaban J connectivity index is 2.26. The van der Waals surface area contributed by atoms with Crippen LogP contribution in [0.4, 0.5) is 11.5 Å². The van der Waals surface area contributed by atoms with E-state index < -0.39 is 4.92 Å². The van der Waals surface area contributed by atoms with Crippen LogP contribution in [0.1, 0.15) is 25.5 Å². The molecular formula is C13H20ClN5O2. The Bertz CT molecular complexity index is 540. The quantitative estimate of drug-likeness (QED) is 0.471. The highest BCUT2D eigenvalue weighted by atomic mass is 35.5. The molecule has 1 saturated heterocycles. The van der Waals surface area contributed by atoms with E-state index in [0.717, 1.165) is 25.9 Å². The van der Waals surface area contributed by atoms with Crippen LogP contribution in [0.2, 0.25) is 5.28 Å². The van der Waals surface area contributed by atoms with Crippen LogP contribution in [0.25, 0.3) is 0 Å². The van der Waals surface area contributed by atoms with Crippen molar-refractivity contribution in [3.63, 3.8) is 0 Å². The third kappa shape index (κ3) is 3.41. The summed E-state index contributed by atoms with van der Waals surface area (Å²) >= 11 is 5.86. The van der Waals surface area contributed by atoms with Crippen LogP contribution in [0.15, 0.2) is 0 Å². The zero-order chi connectivity index (χ0) is 15.6. The lowest BCUT2D eigenvalue weighted by Gasteiger charge is -2.28. The molecule has 0 saturated carbocycles. The van der Waals surface area contributed by atoms with Crippen molar-refractivity contribution in [2.24, 2.45) is 0 Å². The van der Waals surface area contributed by atoms with Crippen molar-refractivity contribution in [1.29, 1.82) is 0 Å². The third-order valence-corrected chi connectivity index (χ3v) is 4.12. The van der Waals surface area contributed by atoms with Crippen molar-refractivity contribution in [2.45, 2.75) is 32.7 Å². The van der Waals surface area contributed by atoms with E-state index in [2.05, 4.69) is 21.8 Å². The second kappa shape index (κ2) is 6.53. The van der Waals surface area contributed by atoms with Gasteiger partial charge < -0.3 is 4.90 Å². The van der Waals surface area contributed by atoms with Gasteiger partial charge in [-0.15, -0.1) is 0 Å². The molecule has 2 heterocycles. The predicted molar refractivity (Wildman–Crippen MR) is 82.0 cm³/mol. The molecule has 0 amide bonds. The maximum atomic E-state index is 11.3. The highest BCUT2D eigenvalue weighted by molar-refractivity contribution is 6.28. The summed E-state index contributed by atoms with van der Waals surface area (Å²) in [6, 6.07) is 0.397. The van der Waals surface area contributed by atoms with E-state index in [-0.39, 0.29) is 11.0 Å². The highest BCUT2D eigenvalue weighted by Gasteiger charge is 2.29. The van der Waals surface area contributed by atoms with Gasteiger partial charge in [0.25, 0.3) is 0 Å². The summed E-state index contributed by atoms with van der Waals surface area (Å²) in [6.07, 6.45) is 2.27. The molecule has 0 spiro atoms. The molecule has 1 unspecified atom stereocenters. The molecular weight excluding hydrogens is 294 g/mol. The number of likely N-dealkylation sites (tertiary alicyclic amines) is 1. The molecule has 1 aliphatic rings. The first kappa shape index (κ1) is 15.9. The van der Waals surface area contributed by atoms with Gasteiger partial charge in [-0.2, -0.15) is 4.98 Å². The predicted octanol–water partition coefficient (Wildman–Crippen LogP) is 2.27. The number of aromatic nitrogens is 2. The zero-order valence-corrected chi connectivity index (χ0v) is 13.3. The Hall–Kier alpha value is -1.47. The Morgan fingerprint density at radius 3 is 2.86 bits per heavy atom. The van der Waals surface area contributed by atoms with Crippen molar-refractivity contribution >= 4 is 23.1 Å². The van der Waals surface area contributed by atoms with Crippen LogP contribution < -0.4 is 4.90 Å². The van der Waals surface area contributed by atoms with Gasteiger partial charge in [0.2, 0.25) is 11.1 Å². The van der Waals surface area contributed by atoms with Crippen LogP contribution in [0.5, 0.6) is 0 Å². The fraction of sp³-hybridized carbons (Fsp3) is 0.692. The normalized spacial score (nSPS) is 19.0. The van der Waals surface area contributed by atoms with Crippen LogP contribution in [0.3, 0.4) is 0 Å². The molecule has 7 nitrogen and oxygen atoms in total. The van der Waals surface area contributed by atoms with Crippen LogP contribution in [0, 0.1) is 17.0 Å². The minimum Gasteiger partial charge on any atom is -0.352 e. The second-order valence-corrected chi connectivity index (χ2v) is 5.65. The standard InChI is InChI=1S/C13H20ClN5O2/c1-4-18-7-5-6-10(18)8-17(3)12-11(19(20)21)9(2)15-13(14)16-12/h10H,4-8H2,1-3H3. The number of nitro groups is 1. The molecule has 2 rings (SSSR count). The monoisotopic (exact) mass is 313 g/mol. The number of aryl methyl sites for hydroxylation is 1. The lowest BCUT2D eigenvalue weighted by atomic mass is 10.2. The summed E-state index contributed by atoms with van der Waals surface area (Å²) in [6.45, 7) is 6.48. The minimum absolute atomic E-state index is 0.0405. The first-order chi connectivity index (χ1) is 9.93. The van der Waals surface area contributed by atoms with E-state index in [0.29, 0.717) is 24.1 Å². The largest absolute Gasteiger partial charge is 0.352 e. The number of anilines is 1. The van der Waals surface area contributed by atoms with Gasteiger partial charge in [0, 0.05) is 19.6 Å². The van der Waals surface area contributed by atoms with Crippen LogP contribution in [-0.4, -0.2) is 52.5 Å². The molecule has 0 bridgehead atoms. The first-order valence-electron chi connectivity index (χ1n) is 7.07. The molecule has 21 heavy (non-hydrogen) atoms. The molecule has 8 heteroatoms. The number of hydrogen-bond acceptors (Lipinski definition) is 6. The van der Waals surface area contributed by atoms with Crippen molar-refractivity contribution in [2.75, 3.05) is 31.6 Å². The molecule has 0 aromatic carbocycles. The number of likely N-dealkylation sites (N-methyl/N-ethyl adjacent to an activating group) is 2. The third-order valence-electron chi connectivity index (χ3n) is 3.95. The average Bonchev–Trinajstić information content (AvgIpc) is 2.84. The Labute approximate surface area is 129 Å². The van der Waals surface area contributed by atoms with Crippen molar-refractivity contribution < 1.29 is 4.92 Å². The van der Waals surface area contributed by atoms with E-state index in [1.807, 2.05) is 11.9 Å². The Kier molecular flexibility index (Phi) is 4.95. The van der Waals surface area contributed by atoms with Crippen molar-refractivity contribution in [3.8, 4) is 0 Å². The average molecular weight is 314 g/mol. The summed E-state index contributed by atoms with van der Waals surface area (Å²) in [5.74, 6) is 0.292. The number of halogens is 1. The maximum Gasteiger partial charge on any atom is 0.332 e. The number of rotatable bonds is 5. The van der Waals surface area contributed by atoms with Crippen LogP contribution >= 0.6 is 11.6 Å². The topological polar surface area (TPSA) is 75.4 Å². The van der Waals surface area contributed by atoms with Crippen molar-refractivity contribution in [1.82, 2.24) is 14.9 Å². The number of nitrogens with zero attached hydrogens (tertiary/aromatic N) is 5. The molecule has 1 atom stereocenters. The van der Waals surface area contributed by atoms with E-state index in [4.69, 9.17) is 11.6 Å². The van der Waals surface area contributed by atoms with E-state index in [1.54, 1.807) is 6.92 Å². The van der Waals surface area contributed by atoms with Gasteiger partial charge in [-0.3, -0.25) is 15.0 Å². The summed E-state index contributed by atoms with van der Waals surface area (Å²) in [7, 11) is 1.82. The molecule has 1 fully saturated rings. The second-order valence-electron chi connectivity index (χ2n) is 5.31. The summed E-state index contributed by atoms with van der Waals surface area (Å²) < 4.78 is 0. The van der Waals surface area contributed by atoms with Gasteiger partial charge >= 0.3 is 5.69 Å². The first-order valence-corrected chi connectivity index (χ1v) is 7.45. The van der Waals surface area contributed by atoms with Gasteiger partial charge in [0.15, 0.2) is 0 Å². The molecule has 1 aromatic rings. The Morgan fingerprint density at radius 2 is 2.24 bits per heavy atom. The van der Waals surface area contributed by atoms with Gasteiger partial charge in [-0.05, 0) is 44.5 Å². The Morgan fingerprint density at radius 1 is 1.52 bits per heavy atom. The zero-order valence-electron chi connectivity index (χ0n) is 12.5. The smallest absolute Gasteiger partial charge is 0.332 e. The van der Waals surface area contributed by atoms with Gasteiger partial charge in [-0.1, -0.05) is 6.92 Å². The lowest BCUT2D eigenvalue weighted by Crippen LogP contribution is -2.39. The maximum absolute atomic E-state index is 11.3. The van der Waals surface area contributed by atoms with Crippen LogP contribution in [-0.2, 0) is 0 Å². The lowest BCUT2D eigenvalue weighted by molar-refractivity contribution is -0.385. The highest BCUT2D eigenvalue weighted by Crippen LogP contribution is 2.30. The summed E-state index contributed by atoms with van der Waals surface area (Å²) in [4.78, 5) is 23.0.